The van der Waals surface area contributed by atoms with E-state index in [9.17, 15) is 18.0 Å². The summed E-state index contributed by atoms with van der Waals surface area (Å²) in [5.74, 6) is -0.525. The zero-order valence-electron chi connectivity index (χ0n) is 16.5. The maximum absolute atomic E-state index is 12.6. The van der Waals surface area contributed by atoms with E-state index in [0.717, 1.165) is 5.56 Å². The summed E-state index contributed by atoms with van der Waals surface area (Å²) in [6.07, 6.45) is 1.50. The third kappa shape index (κ3) is 5.07. The fourth-order valence-corrected chi connectivity index (χ4v) is 4.59. The van der Waals surface area contributed by atoms with Crippen molar-refractivity contribution in [3.63, 3.8) is 0 Å². The summed E-state index contributed by atoms with van der Waals surface area (Å²) in [7, 11) is -3.79. The molecule has 11 heteroatoms. The van der Waals surface area contributed by atoms with Crippen molar-refractivity contribution in [1.29, 1.82) is 0 Å². The van der Waals surface area contributed by atoms with Crippen LogP contribution in [0.1, 0.15) is 16.1 Å². The minimum absolute atomic E-state index is 0.0280. The van der Waals surface area contributed by atoms with Gasteiger partial charge in [-0.05, 0) is 35.9 Å². The Morgan fingerprint density at radius 2 is 1.75 bits per heavy atom. The number of carbonyl (C=O) groups excluding carboxylic acids is 1. The average Bonchev–Trinajstić information content (AvgIpc) is 3.28. The smallest absolute Gasteiger partial charge is 0.276 e. The normalized spacial score (nSPS) is 11.1. The van der Waals surface area contributed by atoms with Crippen molar-refractivity contribution in [2.75, 3.05) is 10.0 Å². The van der Waals surface area contributed by atoms with Crippen LogP contribution >= 0.6 is 11.3 Å². The predicted octanol–water partition coefficient (Wildman–Crippen LogP) is 2.80. The second-order valence-corrected chi connectivity index (χ2v) is 9.20. The number of benzene rings is 2. The van der Waals surface area contributed by atoms with E-state index in [1.165, 1.54) is 58.6 Å². The summed E-state index contributed by atoms with van der Waals surface area (Å²) in [6, 6.07) is 17.6. The van der Waals surface area contributed by atoms with E-state index in [1.54, 1.807) is 5.38 Å². The molecule has 0 radical (unpaired) electrons. The van der Waals surface area contributed by atoms with Crippen LogP contribution in [0, 0.1) is 0 Å². The third-order valence-electron chi connectivity index (χ3n) is 4.35. The highest BCUT2D eigenvalue weighted by molar-refractivity contribution is 7.93. The van der Waals surface area contributed by atoms with Crippen LogP contribution in [0.5, 0.6) is 0 Å². The Morgan fingerprint density at radius 3 is 2.44 bits per heavy atom. The number of hydrogen-bond acceptors (Lipinski definition) is 7. The highest BCUT2D eigenvalue weighted by Gasteiger charge is 2.16. The maximum atomic E-state index is 12.6. The first-order chi connectivity index (χ1) is 15.4. The molecule has 1 amide bonds. The van der Waals surface area contributed by atoms with Crippen LogP contribution in [-0.4, -0.2) is 29.1 Å². The van der Waals surface area contributed by atoms with Gasteiger partial charge in [-0.1, -0.05) is 30.3 Å². The molecule has 2 aromatic carbocycles. The average molecular weight is 468 g/mol. The highest BCUT2D eigenvalue weighted by atomic mass is 32.2. The Labute approximate surface area is 187 Å². The minimum atomic E-state index is -3.79. The highest BCUT2D eigenvalue weighted by Crippen LogP contribution is 2.19. The van der Waals surface area contributed by atoms with Crippen LogP contribution in [0.25, 0.3) is 0 Å². The Bertz CT molecular complexity index is 1380. The number of nitrogens with zero attached hydrogens (tertiary/aromatic N) is 3. The van der Waals surface area contributed by atoms with Gasteiger partial charge in [-0.25, -0.2) is 18.1 Å². The number of amides is 1. The summed E-state index contributed by atoms with van der Waals surface area (Å²) in [5, 5.41) is 8.72. The van der Waals surface area contributed by atoms with Gasteiger partial charge in [0.05, 0.1) is 11.4 Å². The number of hydrogen-bond donors (Lipinski definition) is 2. The van der Waals surface area contributed by atoms with E-state index < -0.39 is 15.9 Å². The summed E-state index contributed by atoms with van der Waals surface area (Å²) in [5.41, 5.74) is 0.990. The van der Waals surface area contributed by atoms with Gasteiger partial charge < -0.3 is 5.32 Å². The van der Waals surface area contributed by atoms with E-state index in [-0.39, 0.29) is 27.8 Å². The molecular formula is C21H17N5O4S2. The number of anilines is 2. The molecule has 0 aliphatic rings. The molecule has 0 saturated heterocycles. The van der Waals surface area contributed by atoms with Crippen molar-refractivity contribution in [3.05, 3.63) is 99.9 Å². The monoisotopic (exact) mass is 467 g/mol. The summed E-state index contributed by atoms with van der Waals surface area (Å²) >= 11 is 1.17. The third-order valence-corrected chi connectivity index (χ3v) is 6.52. The van der Waals surface area contributed by atoms with Gasteiger partial charge in [-0.15, -0.1) is 11.3 Å². The van der Waals surface area contributed by atoms with Crippen molar-refractivity contribution in [1.82, 2.24) is 14.8 Å². The lowest BCUT2D eigenvalue weighted by atomic mass is 10.2. The van der Waals surface area contributed by atoms with Crippen LogP contribution in [0.2, 0.25) is 0 Å². The van der Waals surface area contributed by atoms with Crippen molar-refractivity contribution in [2.24, 2.45) is 0 Å². The van der Waals surface area contributed by atoms with Crippen LogP contribution in [0.3, 0.4) is 0 Å². The second kappa shape index (κ2) is 9.12. The van der Waals surface area contributed by atoms with Gasteiger partial charge in [-0.3, -0.25) is 14.3 Å². The lowest BCUT2D eigenvalue weighted by Gasteiger charge is -2.09. The van der Waals surface area contributed by atoms with Crippen molar-refractivity contribution < 1.29 is 13.2 Å². The lowest BCUT2D eigenvalue weighted by Crippen LogP contribution is -2.26. The quantitative estimate of drug-likeness (QED) is 0.431. The molecule has 9 nitrogen and oxygen atoms in total. The molecule has 32 heavy (non-hydrogen) atoms. The Morgan fingerprint density at radius 1 is 1.00 bits per heavy atom. The molecule has 2 aromatic heterocycles. The Kier molecular flexibility index (Phi) is 6.10. The van der Waals surface area contributed by atoms with Crippen LogP contribution in [0.15, 0.2) is 88.0 Å². The predicted molar refractivity (Wildman–Crippen MR) is 121 cm³/mol. The molecule has 162 valence electrons. The van der Waals surface area contributed by atoms with Crippen molar-refractivity contribution in [2.45, 2.75) is 11.4 Å². The number of sulfonamides is 1. The van der Waals surface area contributed by atoms with Gasteiger partial charge >= 0.3 is 0 Å². The van der Waals surface area contributed by atoms with E-state index in [0.29, 0.717) is 5.69 Å². The number of thiazole rings is 1. The molecule has 2 heterocycles. The Hall–Kier alpha value is -3.83. The number of carbonyl (C=O) groups is 1. The van der Waals surface area contributed by atoms with E-state index in [2.05, 4.69) is 20.1 Å². The SMILES string of the molecule is O=C(Nc1ccc(S(=O)(=O)Nc2nccs2)cc1)c1ccc(=O)n(Cc2ccccc2)n1. The molecular weight excluding hydrogens is 450 g/mol. The molecule has 0 bridgehead atoms. The fraction of sp³-hybridized carbons (Fsp3) is 0.0476. The molecule has 2 N–H and O–H groups in total. The van der Waals surface area contributed by atoms with Crippen LogP contribution < -0.4 is 15.6 Å². The number of nitrogens with one attached hydrogen (secondary N) is 2. The van der Waals surface area contributed by atoms with Crippen molar-refractivity contribution in [3.8, 4) is 0 Å². The van der Waals surface area contributed by atoms with Crippen LogP contribution in [-0.2, 0) is 16.6 Å². The number of aromatic nitrogens is 3. The zero-order chi connectivity index (χ0) is 22.6. The second-order valence-electron chi connectivity index (χ2n) is 6.62. The molecule has 0 fully saturated rings. The molecule has 4 rings (SSSR count). The summed E-state index contributed by atoms with van der Waals surface area (Å²) in [4.78, 5) is 28.6. The van der Waals surface area contributed by atoms with Crippen LogP contribution in [0.4, 0.5) is 10.8 Å². The fourth-order valence-electron chi connectivity index (χ4n) is 2.80. The molecule has 0 aliphatic carbocycles. The van der Waals surface area contributed by atoms with Gasteiger partial charge in [0.25, 0.3) is 21.5 Å². The minimum Gasteiger partial charge on any atom is -0.321 e. The molecule has 0 aliphatic heterocycles. The largest absolute Gasteiger partial charge is 0.321 e. The molecule has 4 aromatic rings. The maximum Gasteiger partial charge on any atom is 0.276 e. The van der Waals surface area contributed by atoms with E-state index in [4.69, 9.17) is 0 Å². The van der Waals surface area contributed by atoms with Gasteiger partial charge in [-0.2, -0.15) is 5.10 Å². The first-order valence-electron chi connectivity index (χ1n) is 9.36. The first kappa shape index (κ1) is 21.4. The Balaban J connectivity index is 1.47. The zero-order valence-corrected chi connectivity index (χ0v) is 18.1. The van der Waals surface area contributed by atoms with E-state index >= 15 is 0 Å². The lowest BCUT2D eigenvalue weighted by molar-refractivity contribution is 0.102. The van der Waals surface area contributed by atoms with Gasteiger partial charge in [0.1, 0.15) is 5.69 Å². The molecule has 0 atom stereocenters. The topological polar surface area (TPSA) is 123 Å². The van der Waals surface area contributed by atoms with Gasteiger partial charge in [0, 0.05) is 23.3 Å². The standard InChI is InChI=1S/C21H17N5O4S2/c27-19-11-10-18(24-26(19)14-15-4-2-1-3-5-15)20(28)23-16-6-8-17(9-7-16)32(29,30)25-21-22-12-13-31-21/h1-13H,14H2,(H,22,25)(H,23,28). The van der Waals surface area contributed by atoms with Gasteiger partial charge in [0.15, 0.2) is 5.13 Å². The summed E-state index contributed by atoms with van der Waals surface area (Å²) in [6.45, 7) is 0.236. The molecule has 0 saturated carbocycles. The van der Waals surface area contributed by atoms with Crippen molar-refractivity contribution >= 4 is 38.1 Å². The van der Waals surface area contributed by atoms with E-state index in [1.807, 2.05) is 30.3 Å². The molecule has 0 spiro atoms. The van der Waals surface area contributed by atoms with Gasteiger partial charge in [0.2, 0.25) is 0 Å². The summed E-state index contributed by atoms with van der Waals surface area (Å²) < 4.78 is 28.4. The number of rotatable bonds is 7. The first-order valence-corrected chi connectivity index (χ1v) is 11.7. The molecule has 0 unspecified atom stereocenters.